The third-order valence-electron chi connectivity index (χ3n) is 4.86. The fourth-order valence-electron chi connectivity index (χ4n) is 3.09. The Bertz CT molecular complexity index is 1160. The lowest BCUT2D eigenvalue weighted by Crippen LogP contribution is -2.30. The van der Waals surface area contributed by atoms with Crippen molar-refractivity contribution in [3.63, 3.8) is 0 Å². The Morgan fingerprint density at radius 1 is 1.00 bits per heavy atom. The first-order chi connectivity index (χ1) is 15.2. The van der Waals surface area contributed by atoms with Crippen molar-refractivity contribution in [1.82, 2.24) is 5.32 Å². The highest BCUT2D eigenvalue weighted by molar-refractivity contribution is 7.99. The van der Waals surface area contributed by atoms with E-state index in [4.69, 9.17) is 11.6 Å². The van der Waals surface area contributed by atoms with Crippen LogP contribution in [0.3, 0.4) is 0 Å². The van der Waals surface area contributed by atoms with Crippen LogP contribution >= 0.6 is 23.4 Å². The number of benzene rings is 3. The number of hydrogen-bond donors (Lipinski definition) is 1. The summed E-state index contributed by atoms with van der Waals surface area (Å²) >= 11 is 7.51. The van der Waals surface area contributed by atoms with E-state index in [9.17, 15) is 13.2 Å². The zero-order valence-electron chi connectivity index (χ0n) is 17.9. The maximum Gasteiger partial charge on any atom is 0.251 e. The molecule has 8 heteroatoms. The fraction of sp³-hybridized carbons (Fsp3) is 0.208. The highest BCUT2D eigenvalue weighted by atomic mass is 35.5. The zero-order valence-corrected chi connectivity index (χ0v) is 20.3. The van der Waals surface area contributed by atoms with Crippen LogP contribution in [0.2, 0.25) is 5.02 Å². The van der Waals surface area contributed by atoms with Gasteiger partial charge in [0.05, 0.1) is 18.5 Å². The molecular formula is C24H25ClN2O3S2. The number of sulfonamides is 1. The van der Waals surface area contributed by atoms with E-state index < -0.39 is 10.0 Å². The SMILES string of the molecule is Cc1ccccc1CN(c1ccc(C(=O)NCCSc2ccc(Cl)cc2)cc1)S(C)(=O)=O. The van der Waals surface area contributed by atoms with Crippen LogP contribution in [0.1, 0.15) is 21.5 Å². The number of thioether (sulfide) groups is 1. The summed E-state index contributed by atoms with van der Waals surface area (Å²) in [4.78, 5) is 13.5. The Hall–Kier alpha value is -2.48. The van der Waals surface area contributed by atoms with Crippen LogP contribution < -0.4 is 9.62 Å². The van der Waals surface area contributed by atoms with Gasteiger partial charge in [-0.1, -0.05) is 35.9 Å². The Balaban J connectivity index is 1.61. The molecule has 0 bridgehead atoms. The molecule has 0 unspecified atom stereocenters. The van der Waals surface area contributed by atoms with Crippen molar-refractivity contribution in [3.05, 3.63) is 94.5 Å². The van der Waals surface area contributed by atoms with Gasteiger partial charge in [-0.25, -0.2) is 8.42 Å². The van der Waals surface area contributed by atoms with Gasteiger partial charge in [-0.2, -0.15) is 0 Å². The van der Waals surface area contributed by atoms with Crippen LogP contribution in [-0.2, 0) is 16.6 Å². The van der Waals surface area contributed by atoms with E-state index >= 15 is 0 Å². The molecule has 168 valence electrons. The number of anilines is 1. The number of halogens is 1. The number of nitrogens with one attached hydrogen (secondary N) is 1. The van der Waals surface area contributed by atoms with Crippen LogP contribution in [0.15, 0.2) is 77.7 Å². The van der Waals surface area contributed by atoms with Gasteiger partial charge in [0.2, 0.25) is 10.0 Å². The van der Waals surface area contributed by atoms with E-state index in [2.05, 4.69) is 5.32 Å². The molecule has 0 saturated heterocycles. The first-order valence-corrected chi connectivity index (χ1v) is 13.2. The highest BCUT2D eigenvalue weighted by Gasteiger charge is 2.19. The maximum absolute atomic E-state index is 12.4. The Labute approximate surface area is 198 Å². The molecule has 0 aliphatic rings. The second-order valence-corrected chi connectivity index (χ2v) is 10.8. The predicted molar refractivity (Wildman–Crippen MR) is 133 cm³/mol. The van der Waals surface area contributed by atoms with Gasteiger partial charge in [-0.05, 0) is 66.6 Å². The average Bonchev–Trinajstić information content (AvgIpc) is 2.76. The summed E-state index contributed by atoms with van der Waals surface area (Å²) in [5.41, 5.74) is 2.95. The number of carbonyl (C=O) groups is 1. The largest absolute Gasteiger partial charge is 0.351 e. The van der Waals surface area contributed by atoms with Gasteiger partial charge in [0.15, 0.2) is 0 Å². The van der Waals surface area contributed by atoms with E-state index in [1.54, 1.807) is 36.0 Å². The lowest BCUT2D eigenvalue weighted by molar-refractivity contribution is 0.0956. The van der Waals surface area contributed by atoms with E-state index in [0.29, 0.717) is 22.8 Å². The Morgan fingerprint density at radius 3 is 2.28 bits per heavy atom. The number of aryl methyl sites for hydroxylation is 1. The van der Waals surface area contributed by atoms with Crippen LogP contribution in [0.25, 0.3) is 0 Å². The minimum atomic E-state index is -3.49. The number of hydrogen-bond acceptors (Lipinski definition) is 4. The minimum absolute atomic E-state index is 0.196. The molecule has 0 spiro atoms. The average molecular weight is 489 g/mol. The first-order valence-electron chi connectivity index (χ1n) is 10.0. The predicted octanol–water partition coefficient (Wildman–Crippen LogP) is 5.14. The van der Waals surface area contributed by atoms with Gasteiger partial charge in [-0.15, -0.1) is 11.8 Å². The molecule has 3 rings (SSSR count). The van der Waals surface area contributed by atoms with Gasteiger partial charge in [-0.3, -0.25) is 9.10 Å². The molecule has 3 aromatic rings. The molecular weight excluding hydrogens is 464 g/mol. The molecule has 1 amide bonds. The summed E-state index contributed by atoms with van der Waals surface area (Å²) < 4.78 is 26.2. The summed E-state index contributed by atoms with van der Waals surface area (Å²) in [5.74, 6) is 0.530. The molecule has 0 atom stereocenters. The molecule has 0 heterocycles. The quantitative estimate of drug-likeness (QED) is 0.334. The third kappa shape index (κ3) is 6.76. The zero-order chi connectivity index (χ0) is 23.1. The van der Waals surface area contributed by atoms with Gasteiger partial charge in [0, 0.05) is 27.8 Å². The van der Waals surface area contributed by atoms with Crippen molar-refractivity contribution in [1.29, 1.82) is 0 Å². The van der Waals surface area contributed by atoms with E-state index in [1.807, 2.05) is 55.5 Å². The van der Waals surface area contributed by atoms with Crippen molar-refractivity contribution in [3.8, 4) is 0 Å². The molecule has 0 aliphatic heterocycles. The molecule has 5 nitrogen and oxygen atoms in total. The standard InChI is InChI=1S/C24H25ClN2O3S2/c1-18-5-3-4-6-20(18)17-27(32(2,29)30)22-11-7-19(8-12-22)24(28)26-15-16-31-23-13-9-21(25)10-14-23/h3-14H,15-17H2,1-2H3,(H,26,28). The van der Waals surface area contributed by atoms with Crippen LogP contribution in [-0.4, -0.2) is 32.9 Å². The van der Waals surface area contributed by atoms with Gasteiger partial charge in [0.25, 0.3) is 5.91 Å². The fourth-order valence-corrected chi connectivity index (χ4v) is 4.86. The molecule has 0 saturated carbocycles. The van der Waals surface area contributed by atoms with Crippen LogP contribution in [0, 0.1) is 6.92 Å². The van der Waals surface area contributed by atoms with Gasteiger partial charge < -0.3 is 5.32 Å². The highest BCUT2D eigenvalue weighted by Crippen LogP contribution is 2.23. The maximum atomic E-state index is 12.4. The molecule has 3 aromatic carbocycles. The lowest BCUT2D eigenvalue weighted by Gasteiger charge is -2.23. The monoisotopic (exact) mass is 488 g/mol. The summed E-state index contributed by atoms with van der Waals surface area (Å²) in [6.45, 7) is 2.70. The smallest absolute Gasteiger partial charge is 0.251 e. The molecule has 0 aliphatic carbocycles. The van der Waals surface area contributed by atoms with Gasteiger partial charge in [0.1, 0.15) is 0 Å². The second kappa shape index (κ2) is 10.9. The number of nitrogens with zero attached hydrogens (tertiary/aromatic N) is 1. The minimum Gasteiger partial charge on any atom is -0.351 e. The molecule has 0 fully saturated rings. The van der Waals surface area contributed by atoms with Crippen molar-refractivity contribution in [2.24, 2.45) is 0 Å². The topological polar surface area (TPSA) is 66.5 Å². The van der Waals surface area contributed by atoms with Crippen LogP contribution in [0.4, 0.5) is 5.69 Å². The van der Waals surface area contributed by atoms with Crippen molar-refractivity contribution in [2.45, 2.75) is 18.4 Å². The third-order valence-corrected chi connectivity index (χ3v) is 7.27. The van der Waals surface area contributed by atoms with Crippen molar-refractivity contribution in [2.75, 3.05) is 22.9 Å². The molecule has 0 radical (unpaired) electrons. The lowest BCUT2D eigenvalue weighted by atomic mass is 10.1. The number of amides is 1. The van der Waals surface area contributed by atoms with E-state index in [0.717, 1.165) is 21.8 Å². The summed E-state index contributed by atoms with van der Waals surface area (Å²) in [6.07, 6.45) is 1.18. The normalized spacial score (nSPS) is 11.2. The molecule has 0 aromatic heterocycles. The molecule has 32 heavy (non-hydrogen) atoms. The molecule has 1 N–H and O–H groups in total. The second-order valence-electron chi connectivity index (χ2n) is 7.30. The first kappa shape index (κ1) is 24.2. The Morgan fingerprint density at radius 2 is 1.66 bits per heavy atom. The van der Waals surface area contributed by atoms with Crippen molar-refractivity contribution < 1.29 is 13.2 Å². The van der Waals surface area contributed by atoms with Gasteiger partial charge >= 0.3 is 0 Å². The summed E-state index contributed by atoms with van der Waals surface area (Å²) in [5, 5.41) is 3.58. The number of carbonyl (C=O) groups excluding carboxylic acids is 1. The Kier molecular flexibility index (Phi) is 8.23. The number of rotatable bonds is 9. The van der Waals surface area contributed by atoms with E-state index in [-0.39, 0.29) is 12.5 Å². The van der Waals surface area contributed by atoms with Crippen molar-refractivity contribution >= 4 is 45.0 Å². The van der Waals surface area contributed by atoms with E-state index in [1.165, 1.54) is 10.6 Å². The summed E-state index contributed by atoms with van der Waals surface area (Å²) in [7, 11) is -3.49. The summed E-state index contributed by atoms with van der Waals surface area (Å²) in [6, 6.07) is 21.9. The van der Waals surface area contributed by atoms with Crippen LogP contribution in [0.5, 0.6) is 0 Å².